The number of para-hydroxylation sites is 1. The largest absolute Gasteiger partial charge is 0.487 e. The molecule has 136 valence electrons. The summed E-state index contributed by atoms with van der Waals surface area (Å²) >= 11 is 6.32. The van der Waals surface area contributed by atoms with Gasteiger partial charge in [-0.3, -0.25) is 4.98 Å². The lowest BCUT2D eigenvalue weighted by Gasteiger charge is -2.12. The van der Waals surface area contributed by atoms with E-state index in [0.717, 1.165) is 22.8 Å². The molecule has 4 nitrogen and oxygen atoms in total. The molecule has 0 atom stereocenters. The smallest absolute Gasteiger partial charge is 0.131 e. The lowest BCUT2D eigenvalue weighted by Crippen LogP contribution is -2.06. The van der Waals surface area contributed by atoms with Crippen molar-refractivity contribution < 1.29 is 9.13 Å². The average Bonchev–Trinajstić information content (AvgIpc) is 3.01. The second-order valence-corrected chi connectivity index (χ2v) is 6.76. The van der Waals surface area contributed by atoms with Crippen molar-refractivity contribution in [2.24, 2.45) is 0 Å². The molecule has 0 N–H and O–H groups in total. The van der Waals surface area contributed by atoms with Gasteiger partial charge in [0.25, 0.3) is 0 Å². The Hall–Kier alpha value is -2.92. The number of nitrogens with zero attached hydrogens (tertiary/aromatic N) is 3. The normalized spacial score (nSPS) is 11.1. The number of ether oxygens (including phenoxy) is 1. The maximum Gasteiger partial charge on any atom is 0.131 e. The van der Waals surface area contributed by atoms with Crippen LogP contribution in [0.2, 0.25) is 5.02 Å². The van der Waals surface area contributed by atoms with E-state index in [2.05, 4.69) is 10.1 Å². The third-order valence-electron chi connectivity index (χ3n) is 4.22. The van der Waals surface area contributed by atoms with Crippen LogP contribution in [0.4, 0.5) is 4.39 Å². The Morgan fingerprint density at radius 1 is 1.04 bits per heavy atom. The maximum atomic E-state index is 13.7. The summed E-state index contributed by atoms with van der Waals surface area (Å²) in [4.78, 5) is 4.43. The van der Waals surface area contributed by atoms with Gasteiger partial charge in [0.05, 0.1) is 27.6 Å². The fourth-order valence-electron chi connectivity index (χ4n) is 3.05. The minimum Gasteiger partial charge on any atom is -0.487 e. The van der Waals surface area contributed by atoms with Gasteiger partial charge >= 0.3 is 0 Å². The molecule has 2 aromatic heterocycles. The van der Waals surface area contributed by atoms with E-state index in [1.807, 2.05) is 50.2 Å². The highest BCUT2D eigenvalue weighted by atomic mass is 35.5. The molecule has 2 aromatic carbocycles. The summed E-state index contributed by atoms with van der Waals surface area (Å²) in [6.07, 6.45) is 0. The second-order valence-electron chi connectivity index (χ2n) is 6.35. The summed E-state index contributed by atoms with van der Waals surface area (Å²) < 4.78 is 21.5. The van der Waals surface area contributed by atoms with Crippen LogP contribution >= 0.6 is 11.6 Å². The van der Waals surface area contributed by atoms with E-state index in [0.29, 0.717) is 21.7 Å². The van der Waals surface area contributed by atoms with Crippen LogP contribution < -0.4 is 4.74 Å². The highest BCUT2D eigenvalue weighted by Gasteiger charge is 2.13. The molecule has 0 spiro atoms. The Balaban J connectivity index is 1.70. The van der Waals surface area contributed by atoms with Crippen LogP contribution in [0.3, 0.4) is 0 Å². The van der Waals surface area contributed by atoms with Gasteiger partial charge in [0.2, 0.25) is 0 Å². The second kappa shape index (κ2) is 7.00. The Morgan fingerprint density at radius 3 is 2.67 bits per heavy atom. The lowest BCUT2D eigenvalue weighted by atomic mass is 10.2. The van der Waals surface area contributed by atoms with Crippen molar-refractivity contribution in [3.8, 4) is 11.4 Å². The minimum absolute atomic E-state index is 0.265. The zero-order valence-electron chi connectivity index (χ0n) is 14.9. The number of pyridine rings is 1. The summed E-state index contributed by atoms with van der Waals surface area (Å²) in [5, 5.41) is 5.77. The van der Waals surface area contributed by atoms with Crippen molar-refractivity contribution >= 4 is 22.5 Å². The molecule has 4 aromatic rings. The van der Waals surface area contributed by atoms with Crippen LogP contribution in [0.5, 0.6) is 5.75 Å². The summed E-state index contributed by atoms with van der Waals surface area (Å²) in [6.45, 7) is 4.06. The van der Waals surface area contributed by atoms with E-state index >= 15 is 0 Å². The Bertz CT molecular complexity index is 1140. The maximum absolute atomic E-state index is 13.7. The monoisotopic (exact) mass is 381 g/mol. The van der Waals surface area contributed by atoms with Gasteiger partial charge in [-0.1, -0.05) is 23.7 Å². The van der Waals surface area contributed by atoms with E-state index in [9.17, 15) is 4.39 Å². The molecule has 4 rings (SSSR count). The number of benzene rings is 2. The van der Waals surface area contributed by atoms with Gasteiger partial charge < -0.3 is 4.74 Å². The van der Waals surface area contributed by atoms with Gasteiger partial charge in [-0.25, -0.2) is 9.07 Å². The predicted molar refractivity (Wildman–Crippen MR) is 104 cm³/mol. The van der Waals surface area contributed by atoms with E-state index in [1.54, 1.807) is 10.7 Å². The van der Waals surface area contributed by atoms with E-state index in [1.165, 1.54) is 12.1 Å². The minimum atomic E-state index is -0.324. The molecule has 0 bridgehead atoms. The van der Waals surface area contributed by atoms with Crippen LogP contribution in [0.15, 0.2) is 54.6 Å². The topological polar surface area (TPSA) is 39.9 Å². The number of hydrogen-bond donors (Lipinski definition) is 0. The van der Waals surface area contributed by atoms with Crippen LogP contribution in [0.25, 0.3) is 16.6 Å². The third kappa shape index (κ3) is 3.51. The molecule has 0 saturated heterocycles. The molecular formula is C21H17ClFN3O. The quantitative estimate of drug-likeness (QED) is 0.474. The standard InChI is InChI=1S/C21H17ClFN3O/c1-13-10-21(17-11-15(23)7-8-19(17)24-13)27-12-16-9-14(2)25-26(16)20-6-4-3-5-18(20)22/h3-11H,12H2,1-2H3. The zero-order chi connectivity index (χ0) is 19.0. The molecule has 0 aliphatic heterocycles. The van der Waals surface area contributed by atoms with Crippen LogP contribution in [-0.4, -0.2) is 14.8 Å². The predicted octanol–water partition coefficient (Wildman–Crippen LogP) is 5.41. The van der Waals surface area contributed by atoms with Gasteiger partial charge in [0, 0.05) is 17.1 Å². The molecule has 0 unspecified atom stereocenters. The number of rotatable bonds is 4. The summed E-state index contributed by atoms with van der Waals surface area (Å²) in [5.74, 6) is 0.261. The van der Waals surface area contributed by atoms with Crippen molar-refractivity contribution in [3.63, 3.8) is 0 Å². The summed E-state index contributed by atoms with van der Waals surface area (Å²) in [5.41, 5.74) is 3.99. The Kier molecular flexibility index (Phi) is 4.54. The van der Waals surface area contributed by atoms with Gasteiger partial charge in [0.15, 0.2) is 0 Å². The van der Waals surface area contributed by atoms with Crippen LogP contribution in [0, 0.1) is 19.7 Å². The van der Waals surface area contributed by atoms with Gasteiger partial charge in [-0.2, -0.15) is 5.10 Å². The Labute approximate surface area is 161 Å². The molecule has 0 radical (unpaired) electrons. The summed E-state index contributed by atoms with van der Waals surface area (Å²) in [6, 6.07) is 15.8. The summed E-state index contributed by atoms with van der Waals surface area (Å²) in [7, 11) is 0. The first kappa shape index (κ1) is 17.5. The Morgan fingerprint density at radius 2 is 1.85 bits per heavy atom. The van der Waals surface area contributed by atoms with E-state index in [4.69, 9.17) is 16.3 Å². The average molecular weight is 382 g/mol. The fraction of sp³-hybridized carbons (Fsp3) is 0.143. The highest BCUT2D eigenvalue weighted by molar-refractivity contribution is 6.32. The molecule has 27 heavy (non-hydrogen) atoms. The molecule has 0 aliphatic carbocycles. The van der Waals surface area contributed by atoms with Crippen molar-refractivity contribution in [3.05, 3.63) is 82.5 Å². The first-order valence-electron chi connectivity index (χ1n) is 8.51. The highest BCUT2D eigenvalue weighted by Crippen LogP contribution is 2.28. The van der Waals surface area contributed by atoms with Crippen LogP contribution in [0.1, 0.15) is 17.1 Å². The SMILES string of the molecule is Cc1cc(OCc2cc(C)nn2-c2ccccc2Cl)c2cc(F)ccc2n1. The zero-order valence-corrected chi connectivity index (χ0v) is 15.7. The van der Waals surface area contributed by atoms with E-state index in [-0.39, 0.29) is 12.4 Å². The van der Waals surface area contributed by atoms with Gasteiger partial charge in [-0.15, -0.1) is 0 Å². The molecule has 0 fully saturated rings. The number of aryl methyl sites for hydroxylation is 2. The molecular weight excluding hydrogens is 365 g/mol. The number of aromatic nitrogens is 3. The molecule has 0 aliphatic rings. The van der Waals surface area contributed by atoms with Gasteiger partial charge in [0.1, 0.15) is 18.2 Å². The molecule has 6 heteroatoms. The van der Waals surface area contributed by atoms with Gasteiger partial charge in [-0.05, 0) is 50.2 Å². The molecule has 2 heterocycles. The van der Waals surface area contributed by atoms with Crippen molar-refractivity contribution in [2.45, 2.75) is 20.5 Å². The molecule has 0 amide bonds. The van der Waals surface area contributed by atoms with Crippen molar-refractivity contribution in [1.29, 1.82) is 0 Å². The lowest BCUT2D eigenvalue weighted by molar-refractivity contribution is 0.300. The van der Waals surface area contributed by atoms with Crippen LogP contribution in [-0.2, 0) is 6.61 Å². The number of halogens is 2. The first-order chi connectivity index (χ1) is 13.0. The molecule has 0 saturated carbocycles. The fourth-order valence-corrected chi connectivity index (χ4v) is 3.27. The van der Waals surface area contributed by atoms with Crippen molar-refractivity contribution in [2.75, 3.05) is 0 Å². The van der Waals surface area contributed by atoms with E-state index < -0.39 is 0 Å². The third-order valence-corrected chi connectivity index (χ3v) is 4.54. The number of fused-ring (bicyclic) bond motifs is 1. The number of hydrogen-bond acceptors (Lipinski definition) is 3. The van der Waals surface area contributed by atoms with Crippen molar-refractivity contribution in [1.82, 2.24) is 14.8 Å². The first-order valence-corrected chi connectivity index (χ1v) is 8.89.